The Morgan fingerprint density at radius 3 is 2.55 bits per heavy atom. The van der Waals surface area contributed by atoms with Crippen LogP contribution in [0, 0.1) is 0 Å². The minimum Gasteiger partial charge on any atom is -0.497 e. The predicted molar refractivity (Wildman–Crippen MR) is 78.6 cm³/mol. The van der Waals surface area contributed by atoms with Crippen LogP contribution in [0.2, 0.25) is 0 Å². The molecule has 0 saturated carbocycles. The average Bonchev–Trinajstić information content (AvgIpc) is 2.38. The van der Waals surface area contributed by atoms with E-state index in [1.807, 2.05) is 24.3 Å². The van der Waals surface area contributed by atoms with Gasteiger partial charge in [-0.2, -0.15) is 0 Å². The highest BCUT2D eigenvalue weighted by Crippen LogP contribution is 2.11. The lowest BCUT2D eigenvalue weighted by Gasteiger charge is -2.06. The topological polar surface area (TPSA) is 72.5 Å². The highest BCUT2D eigenvalue weighted by atomic mass is 32.2. The van der Waals surface area contributed by atoms with Gasteiger partial charge in [0.25, 0.3) is 0 Å². The van der Waals surface area contributed by atoms with Crippen molar-refractivity contribution in [1.82, 2.24) is 5.32 Å². The summed E-state index contributed by atoms with van der Waals surface area (Å²) in [5, 5.41) is 2.59. The number of hydrogen-bond acceptors (Lipinski definition) is 4. The third-order valence-corrected chi connectivity index (χ3v) is 4.06. The Balaban J connectivity index is 2.36. The van der Waals surface area contributed by atoms with Crippen LogP contribution in [0.15, 0.2) is 36.9 Å². The van der Waals surface area contributed by atoms with Crippen LogP contribution >= 0.6 is 0 Å². The Hall–Kier alpha value is -1.82. The van der Waals surface area contributed by atoms with Gasteiger partial charge >= 0.3 is 0 Å². The Kier molecular flexibility index (Phi) is 6.24. The number of carbonyl (C=O) groups is 1. The monoisotopic (exact) mass is 297 g/mol. The molecule has 0 bridgehead atoms. The van der Waals surface area contributed by atoms with E-state index in [-0.39, 0.29) is 5.75 Å². The number of nitrogens with one attached hydrogen (secondary N) is 1. The molecule has 0 fully saturated rings. The number of rotatable bonds is 8. The van der Waals surface area contributed by atoms with E-state index in [0.717, 1.165) is 11.3 Å². The zero-order valence-corrected chi connectivity index (χ0v) is 12.3. The van der Waals surface area contributed by atoms with Crippen LogP contribution in [0.1, 0.15) is 5.56 Å². The van der Waals surface area contributed by atoms with Crippen molar-refractivity contribution in [3.8, 4) is 5.75 Å². The molecule has 0 atom stereocenters. The minimum absolute atomic E-state index is 0.182. The van der Waals surface area contributed by atoms with E-state index in [9.17, 15) is 13.2 Å². The fraction of sp³-hybridized carbons (Fsp3) is 0.357. The standard InChI is InChI=1S/C14H19NO4S/c1-3-10-20(17,18)11-14(16)15-9-8-12-4-6-13(19-2)7-5-12/h3-7H,1,8-11H2,2H3,(H,15,16). The second-order valence-corrected chi connectivity index (χ2v) is 6.40. The minimum atomic E-state index is -3.38. The maximum Gasteiger partial charge on any atom is 0.235 e. The molecule has 0 aliphatic rings. The molecule has 0 heterocycles. The summed E-state index contributed by atoms with van der Waals surface area (Å²) in [5.74, 6) is -0.394. The smallest absolute Gasteiger partial charge is 0.235 e. The number of benzene rings is 1. The molecule has 1 aromatic carbocycles. The van der Waals surface area contributed by atoms with E-state index in [4.69, 9.17) is 4.74 Å². The molecule has 0 aliphatic heterocycles. The Morgan fingerprint density at radius 2 is 2.00 bits per heavy atom. The molecule has 20 heavy (non-hydrogen) atoms. The number of carbonyl (C=O) groups excluding carboxylic acids is 1. The summed E-state index contributed by atoms with van der Waals surface area (Å²) in [6.07, 6.45) is 1.91. The van der Waals surface area contributed by atoms with Gasteiger partial charge in [-0.25, -0.2) is 8.42 Å². The van der Waals surface area contributed by atoms with Crippen LogP contribution in [0.25, 0.3) is 0 Å². The average molecular weight is 297 g/mol. The summed E-state index contributed by atoms with van der Waals surface area (Å²) in [5.41, 5.74) is 1.04. The summed E-state index contributed by atoms with van der Waals surface area (Å²) in [6, 6.07) is 7.48. The van der Waals surface area contributed by atoms with Crippen LogP contribution in [0.5, 0.6) is 5.75 Å². The lowest BCUT2D eigenvalue weighted by molar-refractivity contribution is -0.118. The Morgan fingerprint density at radius 1 is 1.35 bits per heavy atom. The molecule has 110 valence electrons. The third kappa shape index (κ3) is 5.88. The van der Waals surface area contributed by atoms with Crippen molar-refractivity contribution in [3.05, 3.63) is 42.5 Å². The van der Waals surface area contributed by atoms with E-state index in [1.165, 1.54) is 6.08 Å². The number of amides is 1. The molecule has 0 radical (unpaired) electrons. The normalized spacial score (nSPS) is 10.8. The second kappa shape index (κ2) is 7.69. The van der Waals surface area contributed by atoms with Gasteiger partial charge in [-0.15, -0.1) is 6.58 Å². The van der Waals surface area contributed by atoms with Crippen molar-refractivity contribution in [2.45, 2.75) is 6.42 Å². The maximum absolute atomic E-state index is 11.5. The van der Waals surface area contributed by atoms with Gasteiger partial charge in [0.15, 0.2) is 9.84 Å². The molecule has 1 N–H and O–H groups in total. The van der Waals surface area contributed by atoms with Crippen LogP contribution in [-0.2, 0) is 21.1 Å². The first-order chi connectivity index (χ1) is 9.46. The van der Waals surface area contributed by atoms with E-state index >= 15 is 0 Å². The molecule has 6 heteroatoms. The molecule has 0 aliphatic carbocycles. The van der Waals surface area contributed by atoms with Gasteiger partial charge in [0.2, 0.25) is 5.91 Å². The Bertz CT molecular complexity index is 549. The summed E-state index contributed by atoms with van der Waals surface area (Å²) in [7, 11) is -1.79. The molecule has 1 rings (SSSR count). The van der Waals surface area contributed by atoms with Gasteiger partial charge in [0, 0.05) is 6.54 Å². The van der Waals surface area contributed by atoms with Crippen molar-refractivity contribution in [3.63, 3.8) is 0 Å². The van der Waals surface area contributed by atoms with Gasteiger partial charge in [0.1, 0.15) is 11.5 Å². The largest absolute Gasteiger partial charge is 0.497 e. The number of sulfone groups is 1. The zero-order chi connectivity index (χ0) is 15.0. The Labute approximate surface area is 119 Å². The summed E-state index contributed by atoms with van der Waals surface area (Å²) in [4.78, 5) is 11.5. The number of ether oxygens (including phenoxy) is 1. The summed E-state index contributed by atoms with van der Waals surface area (Å²) < 4.78 is 27.8. The molecule has 0 spiro atoms. The molecular weight excluding hydrogens is 278 g/mol. The van der Waals surface area contributed by atoms with Crippen molar-refractivity contribution < 1.29 is 17.9 Å². The van der Waals surface area contributed by atoms with Gasteiger partial charge in [-0.05, 0) is 24.1 Å². The van der Waals surface area contributed by atoms with Crippen molar-refractivity contribution >= 4 is 15.7 Å². The molecular formula is C14H19NO4S. The van der Waals surface area contributed by atoms with E-state index in [0.29, 0.717) is 13.0 Å². The zero-order valence-electron chi connectivity index (χ0n) is 11.5. The highest BCUT2D eigenvalue weighted by molar-refractivity contribution is 7.92. The third-order valence-electron chi connectivity index (χ3n) is 2.62. The van der Waals surface area contributed by atoms with Gasteiger partial charge in [0.05, 0.1) is 12.9 Å². The fourth-order valence-electron chi connectivity index (χ4n) is 1.63. The van der Waals surface area contributed by atoms with Gasteiger partial charge < -0.3 is 10.1 Å². The van der Waals surface area contributed by atoms with E-state index in [2.05, 4.69) is 11.9 Å². The second-order valence-electron chi connectivity index (χ2n) is 4.29. The van der Waals surface area contributed by atoms with Crippen molar-refractivity contribution in [1.29, 1.82) is 0 Å². The van der Waals surface area contributed by atoms with Gasteiger partial charge in [-0.1, -0.05) is 18.2 Å². The molecule has 0 unspecified atom stereocenters. The lowest BCUT2D eigenvalue weighted by Crippen LogP contribution is -2.32. The first-order valence-electron chi connectivity index (χ1n) is 6.18. The maximum atomic E-state index is 11.5. The first kappa shape index (κ1) is 16.2. The summed E-state index contributed by atoms with van der Waals surface area (Å²) in [6.45, 7) is 3.75. The lowest BCUT2D eigenvalue weighted by atomic mass is 10.1. The molecule has 1 amide bonds. The molecule has 5 nitrogen and oxygen atoms in total. The van der Waals surface area contributed by atoms with E-state index in [1.54, 1.807) is 7.11 Å². The molecule has 1 aromatic rings. The van der Waals surface area contributed by atoms with Crippen molar-refractivity contribution in [2.75, 3.05) is 25.2 Å². The molecule has 0 aromatic heterocycles. The summed E-state index contributed by atoms with van der Waals surface area (Å²) >= 11 is 0. The van der Waals surface area contributed by atoms with Crippen LogP contribution in [0.4, 0.5) is 0 Å². The molecule has 0 saturated heterocycles. The van der Waals surface area contributed by atoms with Crippen LogP contribution in [0.3, 0.4) is 0 Å². The van der Waals surface area contributed by atoms with E-state index < -0.39 is 21.5 Å². The number of hydrogen-bond donors (Lipinski definition) is 1. The van der Waals surface area contributed by atoms with Crippen LogP contribution < -0.4 is 10.1 Å². The highest BCUT2D eigenvalue weighted by Gasteiger charge is 2.14. The number of methoxy groups -OCH3 is 1. The fourth-order valence-corrected chi connectivity index (χ4v) is 2.61. The van der Waals surface area contributed by atoms with Crippen molar-refractivity contribution in [2.24, 2.45) is 0 Å². The first-order valence-corrected chi connectivity index (χ1v) is 8.00. The quantitative estimate of drug-likeness (QED) is 0.725. The SMILES string of the molecule is C=CCS(=O)(=O)CC(=O)NCCc1ccc(OC)cc1. The van der Waals surface area contributed by atoms with Crippen LogP contribution in [-0.4, -0.2) is 39.5 Å². The van der Waals surface area contributed by atoms with Gasteiger partial charge in [-0.3, -0.25) is 4.79 Å². The predicted octanol–water partition coefficient (Wildman–Crippen LogP) is 0.955.